The zero-order valence-corrected chi connectivity index (χ0v) is 18.8. The normalized spacial score (nSPS) is 16.6. The van der Waals surface area contributed by atoms with E-state index in [1.54, 1.807) is 4.52 Å². The van der Waals surface area contributed by atoms with Crippen molar-refractivity contribution in [1.82, 2.24) is 19.5 Å². The highest BCUT2D eigenvalue weighted by Gasteiger charge is 2.32. The molecular formula is C24H31N5O2. The molecule has 0 radical (unpaired) electrons. The lowest BCUT2D eigenvalue weighted by molar-refractivity contribution is 0.0235. The van der Waals surface area contributed by atoms with Gasteiger partial charge in [0.15, 0.2) is 5.65 Å². The number of amides is 1. The number of nitrogens with one attached hydrogen (secondary N) is 1. The molecule has 0 spiro atoms. The number of anilines is 1. The molecule has 1 amide bonds. The molecule has 3 aromatic rings. The van der Waals surface area contributed by atoms with Gasteiger partial charge in [0, 0.05) is 24.8 Å². The van der Waals surface area contributed by atoms with Gasteiger partial charge in [0.2, 0.25) is 0 Å². The Hall–Kier alpha value is -3.09. The second-order valence-corrected chi connectivity index (χ2v) is 9.00. The van der Waals surface area contributed by atoms with Crippen LogP contribution in [-0.4, -0.2) is 50.3 Å². The molecule has 1 atom stereocenters. The molecule has 2 aromatic heterocycles. The fourth-order valence-corrected chi connectivity index (χ4v) is 4.08. The molecule has 7 heteroatoms. The Balaban J connectivity index is 1.51. The van der Waals surface area contributed by atoms with Crippen molar-refractivity contribution >= 4 is 17.6 Å². The van der Waals surface area contributed by atoms with Crippen LogP contribution in [0.5, 0.6) is 0 Å². The summed E-state index contributed by atoms with van der Waals surface area (Å²) in [6, 6.07) is 10.4. The van der Waals surface area contributed by atoms with Crippen LogP contribution in [0.2, 0.25) is 0 Å². The maximum Gasteiger partial charge on any atom is 0.410 e. The third-order valence-corrected chi connectivity index (χ3v) is 5.58. The number of ether oxygens (including phenoxy) is 1. The van der Waals surface area contributed by atoms with E-state index in [2.05, 4.69) is 35.5 Å². The van der Waals surface area contributed by atoms with E-state index in [0.29, 0.717) is 6.54 Å². The number of aryl methyl sites for hydroxylation is 1. The molecule has 4 rings (SSSR count). The number of aromatic nitrogens is 3. The van der Waals surface area contributed by atoms with E-state index < -0.39 is 5.60 Å². The maximum absolute atomic E-state index is 12.5. The molecule has 0 aliphatic carbocycles. The summed E-state index contributed by atoms with van der Waals surface area (Å²) >= 11 is 0. The van der Waals surface area contributed by atoms with Crippen molar-refractivity contribution in [2.24, 2.45) is 0 Å². The number of fused-ring (bicyclic) bond motifs is 1. The summed E-state index contributed by atoms with van der Waals surface area (Å²) in [5.74, 6) is 0.777. The Kier molecular flexibility index (Phi) is 5.85. The van der Waals surface area contributed by atoms with Crippen LogP contribution in [0.1, 0.15) is 46.1 Å². The minimum Gasteiger partial charge on any atom is -0.444 e. The monoisotopic (exact) mass is 421 g/mol. The van der Waals surface area contributed by atoms with E-state index in [1.807, 2.05) is 50.2 Å². The van der Waals surface area contributed by atoms with E-state index in [-0.39, 0.29) is 12.1 Å². The van der Waals surface area contributed by atoms with Crippen LogP contribution >= 0.6 is 0 Å². The molecule has 1 fully saturated rings. The number of carbonyl (C=O) groups is 1. The van der Waals surface area contributed by atoms with Gasteiger partial charge in [-0.3, -0.25) is 0 Å². The number of hydrogen-bond acceptors (Lipinski definition) is 5. The van der Waals surface area contributed by atoms with Gasteiger partial charge in [-0.1, -0.05) is 31.2 Å². The first-order valence-electron chi connectivity index (χ1n) is 11.0. The zero-order chi connectivity index (χ0) is 22.0. The molecule has 1 N–H and O–H groups in total. The van der Waals surface area contributed by atoms with Crippen LogP contribution in [0.15, 0.2) is 42.7 Å². The highest BCUT2D eigenvalue weighted by molar-refractivity contribution is 5.79. The van der Waals surface area contributed by atoms with E-state index in [4.69, 9.17) is 9.72 Å². The number of rotatable bonds is 5. The van der Waals surface area contributed by atoms with E-state index in [1.165, 1.54) is 5.56 Å². The second kappa shape index (κ2) is 8.57. The Labute approximate surface area is 183 Å². The van der Waals surface area contributed by atoms with Crippen molar-refractivity contribution in [3.8, 4) is 11.1 Å². The molecule has 7 nitrogen and oxygen atoms in total. The lowest BCUT2D eigenvalue weighted by Gasteiger charge is -2.28. The number of nitrogens with zero attached hydrogens (tertiary/aromatic N) is 4. The average Bonchev–Trinajstić information content (AvgIpc) is 3.37. The van der Waals surface area contributed by atoms with Gasteiger partial charge in [-0.2, -0.15) is 5.10 Å². The van der Waals surface area contributed by atoms with Gasteiger partial charge in [0.25, 0.3) is 0 Å². The van der Waals surface area contributed by atoms with Crippen LogP contribution in [-0.2, 0) is 11.2 Å². The first-order valence-corrected chi connectivity index (χ1v) is 11.0. The van der Waals surface area contributed by atoms with Gasteiger partial charge in [-0.05, 0) is 57.2 Å². The third-order valence-electron chi connectivity index (χ3n) is 5.58. The van der Waals surface area contributed by atoms with Crippen molar-refractivity contribution in [2.45, 2.75) is 58.6 Å². The third kappa shape index (κ3) is 4.65. The first kappa shape index (κ1) is 21.2. The standard InChI is InChI=1S/C24H31N5O2/c1-5-17-9-6-7-11-19(17)20-16-26-29-14-12-21(27-22(20)29)25-15-18-10-8-13-28(18)23(30)31-24(2,3)4/h6-7,9,11-12,14,16,18H,5,8,10,13,15H2,1-4H3,(H,25,27)/t18-/m0/s1. The predicted molar refractivity (Wildman–Crippen MR) is 122 cm³/mol. The summed E-state index contributed by atoms with van der Waals surface area (Å²) in [6.45, 7) is 9.21. The second-order valence-electron chi connectivity index (χ2n) is 9.00. The summed E-state index contributed by atoms with van der Waals surface area (Å²) in [4.78, 5) is 19.2. The minimum atomic E-state index is -0.489. The molecule has 1 aromatic carbocycles. The maximum atomic E-state index is 12.5. The van der Waals surface area contributed by atoms with E-state index >= 15 is 0 Å². The predicted octanol–water partition coefficient (Wildman–Crippen LogP) is 4.77. The summed E-state index contributed by atoms with van der Waals surface area (Å²) in [5, 5.41) is 7.90. The van der Waals surface area contributed by atoms with Crippen molar-refractivity contribution < 1.29 is 9.53 Å². The van der Waals surface area contributed by atoms with Gasteiger partial charge in [0.05, 0.1) is 12.2 Å². The highest BCUT2D eigenvalue weighted by Crippen LogP contribution is 2.28. The molecule has 1 saturated heterocycles. The Morgan fingerprint density at radius 3 is 2.81 bits per heavy atom. The van der Waals surface area contributed by atoms with Crippen LogP contribution < -0.4 is 5.32 Å². The van der Waals surface area contributed by atoms with E-state index in [0.717, 1.165) is 48.4 Å². The zero-order valence-electron chi connectivity index (χ0n) is 18.8. The number of benzene rings is 1. The van der Waals surface area contributed by atoms with Crippen molar-refractivity contribution in [3.05, 3.63) is 48.3 Å². The van der Waals surface area contributed by atoms with E-state index in [9.17, 15) is 4.79 Å². The van der Waals surface area contributed by atoms with Crippen LogP contribution in [0, 0.1) is 0 Å². The molecular weight excluding hydrogens is 390 g/mol. The summed E-state index contributed by atoms with van der Waals surface area (Å²) in [7, 11) is 0. The SMILES string of the molecule is CCc1ccccc1-c1cnn2ccc(NC[C@@H]3CCCN3C(=O)OC(C)(C)C)nc12. The fourth-order valence-electron chi connectivity index (χ4n) is 4.08. The minimum absolute atomic E-state index is 0.0954. The molecule has 0 unspecified atom stereocenters. The first-order chi connectivity index (χ1) is 14.9. The molecule has 3 heterocycles. The van der Waals surface area contributed by atoms with Crippen LogP contribution in [0.3, 0.4) is 0 Å². The lowest BCUT2D eigenvalue weighted by Crippen LogP contribution is -2.42. The summed E-state index contributed by atoms with van der Waals surface area (Å²) in [6.07, 6.45) is 6.45. The number of hydrogen-bond donors (Lipinski definition) is 1. The van der Waals surface area contributed by atoms with Crippen molar-refractivity contribution in [1.29, 1.82) is 0 Å². The van der Waals surface area contributed by atoms with Crippen molar-refractivity contribution in [2.75, 3.05) is 18.4 Å². The van der Waals surface area contributed by atoms with Crippen molar-refractivity contribution in [3.63, 3.8) is 0 Å². The Morgan fingerprint density at radius 1 is 1.23 bits per heavy atom. The van der Waals surface area contributed by atoms with Gasteiger partial charge in [0.1, 0.15) is 11.4 Å². The smallest absolute Gasteiger partial charge is 0.410 e. The molecule has 1 aliphatic rings. The fraction of sp³-hybridized carbons (Fsp3) is 0.458. The van der Waals surface area contributed by atoms with Gasteiger partial charge < -0.3 is 15.0 Å². The Bertz CT molecular complexity index is 1070. The van der Waals surface area contributed by atoms with Gasteiger partial charge in [-0.25, -0.2) is 14.3 Å². The lowest BCUT2D eigenvalue weighted by atomic mass is 10.0. The molecule has 164 valence electrons. The number of likely N-dealkylation sites (tertiary alicyclic amines) is 1. The molecule has 1 aliphatic heterocycles. The molecule has 31 heavy (non-hydrogen) atoms. The molecule has 0 bridgehead atoms. The summed E-state index contributed by atoms with van der Waals surface area (Å²) in [5.41, 5.74) is 3.80. The van der Waals surface area contributed by atoms with Gasteiger partial charge >= 0.3 is 6.09 Å². The average molecular weight is 422 g/mol. The summed E-state index contributed by atoms with van der Waals surface area (Å²) < 4.78 is 7.37. The van der Waals surface area contributed by atoms with Gasteiger partial charge in [-0.15, -0.1) is 0 Å². The van der Waals surface area contributed by atoms with Crippen LogP contribution in [0.25, 0.3) is 16.8 Å². The Morgan fingerprint density at radius 2 is 2.03 bits per heavy atom. The van der Waals surface area contributed by atoms with Crippen LogP contribution in [0.4, 0.5) is 10.6 Å². The number of carbonyl (C=O) groups excluding carboxylic acids is 1. The topological polar surface area (TPSA) is 71.8 Å². The highest BCUT2D eigenvalue weighted by atomic mass is 16.6. The largest absolute Gasteiger partial charge is 0.444 e. The quantitative estimate of drug-likeness (QED) is 0.642. The molecule has 0 saturated carbocycles.